The molecule has 1 fully saturated rings. The number of nitrogens with zero attached hydrogens (tertiary/aromatic N) is 1. The van der Waals surface area contributed by atoms with Crippen LogP contribution >= 0.6 is 23.2 Å². The van der Waals surface area contributed by atoms with Crippen LogP contribution in [0.15, 0.2) is 36.4 Å². The number of aryl methyl sites for hydroxylation is 2. The van der Waals surface area contributed by atoms with Crippen molar-refractivity contribution in [2.75, 3.05) is 4.90 Å². The minimum atomic E-state index is -0.340. The standard InChI is InChI=1S/C19H17Cl2NO2/c1-11-5-12(2)7-13(6-11)8-14-9-18(23)22(19(14)24)15-3-4-16(20)17(21)10-15/h3-7,10,14H,8-9H2,1-2H3/t14-/m0/s1. The number of rotatable bonds is 3. The maximum absolute atomic E-state index is 12.7. The van der Waals surface area contributed by atoms with Gasteiger partial charge in [0.2, 0.25) is 11.8 Å². The molecule has 2 amide bonds. The predicted molar refractivity (Wildman–Crippen MR) is 96.7 cm³/mol. The number of halogens is 2. The summed E-state index contributed by atoms with van der Waals surface area (Å²) in [6.45, 7) is 4.06. The molecule has 0 aliphatic carbocycles. The molecule has 1 aliphatic rings. The average molecular weight is 362 g/mol. The fraction of sp³-hybridized carbons (Fsp3) is 0.263. The van der Waals surface area contributed by atoms with Crippen LogP contribution < -0.4 is 4.90 Å². The van der Waals surface area contributed by atoms with Gasteiger partial charge >= 0.3 is 0 Å². The first kappa shape index (κ1) is 17.0. The number of hydrogen-bond donors (Lipinski definition) is 0. The van der Waals surface area contributed by atoms with Crippen molar-refractivity contribution in [3.05, 3.63) is 63.1 Å². The Morgan fingerprint density at radius 3 is 2.29 bits per heavy atom. The second-order valence-electron chi connectivity index (χ2n) is 6.27. The lowest BCUT2D eigenvalue weighted by Crippen LogP contribution is -2.30. The molecule has 24 heavy (non-hydrogen) atoms. The summed E-state index contributed by atoms with van der Waals surface area (Å²) in [5.41, 5.74) is 3.86. The van der Waals surface area contributed by atoms with E-state index in [1.807, 2.05) is 13.8 Å². The molecule has 3 nitrogen and oxygen atoms in total. The quantitative estimate of drug-likeness (QED) is 0.740. The molecule has 1 heterocycles. The van der Waals surface area contributed by atoms with Crippen molar-refractivity contribution >= 4 is 40.7 Å². The minimum Gasteiger partial charge on any atom is -0.274 e. The lowest BCUT2D eigenvalue weighted by molar-refractivity contribution is -0.122. The van der Waals surface area contributed by atoms with Gasteiger partial charge in [-0.2, -0.15) is 0 Å². The van der Waals surface area contributed by atoms with E-state index in [-0.39, 0.29) is 24.2 Å². The van der Waals surface area contributed by atoms with Gasteiger partial charge in [-0.3, -0.25) is 14.5 Å². The summed E-state index contributed by atoms with van der Waals surface area (Å²) in [7, 11) is 0. The molecule has 1 saturated heterocycles. The SMILES string of the molecule is Cc1cc(C)cc(C[C@H]2CC(=O)N(c3ccc(Cl)c(Cl)c3)C2=O)c1. The summed E-state index contributed by atoms with van der Waals surface area (Å²) in [6, 6.07) is 11.0. The average Bonchev–Trinajstić information content (AvgIpc) is 2.75. The van der Waals surface area contributed by atoms with Crippen LogP contribution in [-0.2, 0) is 16.0 Å². The number of carbonyl (C=O) groups is 2. The van der Waals surface area contributed by atoms with Crippen LogP contribution in [0.5, 0.6) is 0 Å². The van der Waals surface area contributed by atoms with Crippen LogP contribution in [0.25, 0.3) is 0 Å². The molecule has 3 rings (SSSR count). The first-order chi connectivity index (χ1) is 11.3. The molecule has 5 heteroatoms. The van der Waals surface area contributed by atoms with Gasteiger partial charge in [-0.05, 0) is 44.0 Å². The molecule has 0 spiro atoms. The Bertz CT molecular complexity index is 812. The number of carbonyl (C=O) groups excluding carboxylic acids is 2. The van der Waals surface area contributed by atoms with Crippen molar-refractivity contribution in [2.24, 2.45) is 5.92 Å². The zero-order valence-corrected chi connectivity index (χ0v) is 15.0. The molecule has 0 radical (unpaired) electrons. The molecule has 124 valence electrons. The Hall–Kier alpha value is -1.84. The largest absolute Gasteiger partial charge is 0.274 e. The monoisotopic (exact) mass is 361 g/mol. The van der Waals surface area contributed by atoms with Crippen molar-refractivity contribution in [1.82, 2.24) is 0 Å². The van der Waals surface area contributed by atoms with E-state index in [4.69, 9.17) is 23.2 Å². The van der Waals surface area contributed by atoms with Gasteiger partial charge in [0.15, 0.2) is 0 Å². The normalized spacial score (nSPS) is 17.7. The number of amides is 2. The zero-order chi connectivity index (χ0) is 17.4. The molecule has 1 atom stereocenters. The maximum atomic E-state index is 12.7. The predicted octanol–water partition coefficient (Wildman–Crippen LogP) is 4.73. The first-order valence-electron chi connectivity index (χ1n) is 7.74. The number of hydrogen-bond acceptors (Lipinski definition) is 2. The third-order valence-corrected chi connectivity index (χ3v) is 4.90. The number of imide groups is 1. The topological polar surface area (TPSA) is 37.4 Å². The van der Waals surface area contributed by atoms with Gasteiger partial charge in [0.05, 0.1) is 21.7 Å². The fourth-order valence-electron chi connectivity index (χ4n) is 3.22. The van der Waals surface area contributed by atoms with Gasteiger partial charge in [0, 0.05) is 6.42 Å². The minimum absolute atomic E-state index is 0.183. The van der Waals surface area contributed by atoms with E-state index in [2.05, 4.69) is 18.2 Å². The highest BCUT2D eigenvalue weighted by molar-refractivity contribution is 6.42. The summed E-state index contributed by atoms with van der Waals surface area (Å²) >= 11 is 11.9. The van der Waals surface area contributed by atoms with Crippen molar-refractivity contribution in [3.63, 3.8) is 0 Å². The van der Waals surface area contributed by atoms with Crippen LogP contribution in [0.3, 0.4) is 0 Å². The molecular weight excluding hydrogens is 345 g/mol. The highest BCUT2D eigenvalue weighted by Crippen LogP contribution is 2.33. The molecular formula is C19H17Cl2NO2. The first-order valence-corrected chi connectivity index (χ1v) is 8.50. The van der Waals surface area contributed by atoms with E-state index >= 15 is 0 Å². The van der Waals surface area contributed by atoms with E-state index in [9.17, 15) is 9.59 Å². The summed E-state index contributed by atoms with van der Waals surface area (Å²) in [4.78, 5) is 26.3. The van der Waals surface area contributed by atoms with Crippen molar-refractivity contribution in [3.8, 4) is 0 Å². The zero-order valence-electron chi connectivity index (χ0n) is 13.5. The summed E-state index contributed by atoms with van der Waals surface area (Å²) in [6.07, 6.45) is 0.775. The Kier molecular flexibility index (Phi) is 4.66. The number of anilines is 1. The van der Waals surface area contributed by atoms with E-state index in [1.165, 1.54) is 4.90 Å². The number of benzene rings is 2. The highest BCUT2D eigenvalue weighted by atomic mass is 35.5. The van der Waals surface area contributed by atoms with Crippen molar-refractivity contribution in [2.45, 2.75) is 26.7 Å². The third kappa shape index (κ3) is 3.33. The lowest BCUT2D eigenvalue weighted by atomic mass is 9.95. The molecule has 0 aromatic heterocycles. The van der Waals surface area contributed by atoms with Gasteiger partial charge in [-0.15, -0.1) is 0 Å². The van der Waals surface area contributed by atoms with E-state index < -0.39 is 0 Å². The summed E-state index contributed by atoms with van der Waals surface area (Å²) in [5.74, 6) is -0.724. The van der Waals surface area contributed by atoms with Crippen LogP contribution in [0.4, 0.5) is 5.69 Å². The molecule has 0 bridgehead atoms. The van der Waals surface area contributed by atoms with Gasteiger partial charge in [0.1, 0.15) is 0 Å². The van der Waals surface area contributed by atoms with Gasteiger partial charge in [-0.1, -0.05) is 52.5 Å². The smallest absolute Gasteiger partial charge is 0.237 e. The van der Waals surface area contributed by atoms with Gasteiger partial charge in [-0.25, -0.2) is 0 Å². The van der Waals surface area contributed by atoms with E-state index in [1.54, 1.807) is 18.2 Å². The fourth-order valence-corrected chi connectivity index (χ4v) is 3.51. The molecule has 0 unspecified atom stereocenters. The van der Waals surface area contributed by atoms with E-state index in [0.29, 0.717) is 22.2 Å². The summed E-state index contributed by atoms with van der Waals surface area (Å²) in [5, 5.41) is 0.721. The Morgan fingerprint density at radius 2 is 1.67 bits per heavy atom. The molecule has 0 N–H and O–H groups in total. The maximum Gasteiger partial charge on any atom is 0.237 e. The Morgan fingerprint density at radius 1 is 1.00 bits per heavy atom. The van der Waals surface area contributed by atoms with Crippen molar-refractivity contribution in [1.29, 1.82) is 0 Å². The van der Waals surface area contributed by atoms with Gasteiger partial charge in [0.25, 0.3) is 0 Å². The van der Waals surface area contributed by atoms with Crippen LogP contribution in [-0.4, -0.2) is 11.8 Å². The molecule has 2 aromatic carbocycles. The second kappa shape index (κ2) is 6.58. The van der Waals surface area contributed by atoms with Crippen LogP contribution in [0, 0.1) is 19.8 Å². The molecule has 1 aliphatic heterocycles. The lowest BCUT2D eigenvalue weighted by Gasteiger charge is -2.16. The Labute approximate surface area is 151 Å². The van der Waals surface area contributed by atoms with Crippen LogP contribution in [0.1, 0.15) is 23.1 Å². The van der Waals surface area contributed by atoms with E-state index in [0.717, 1.165) is 16.7 Å². The van der Waals surface area contributed by atoms with Crippen molar-refractivity contribution < 1.29 is 9.59 Å². The second-order valence-corrected chi connectivity index (χ2v) is 7.08. The van der Waals surface area contributed by atoms with Gasteiger partial charge < -0.3 is 0 Å². The highest BCUT2D eigenvalue weighted by Gasteiger charge is 2.39. The van der Waals surface area contributed by atoms with Crippen LogP contribution in [0.2, 0.25) is 10.0 Å². The Balaban J connectivity index is 1.84. The summed E-state index contributed by atoms with van der Waals surface area (Å²) < 4.78 is 0. The molecule has 2 aromatic rings. The third-order valence-electron chi connectivity index (χ3n) is 4.17. The molecule has 0 saturated carbocycles.